The Labute approximate surface area is 142 Å². The average Bonchev–Trinajstić information content (AvgIpc) is 3.15. The van der Waals surface area contributed by atoms with E-state index in [0.29, 0.717) is 13.1 Å². The van der Waals surface area contributed by atoms with E-state index < -0.39 is 22.7 Å². The highest BCUT2D eigenvalue weighted by atomic mass is 35.5. The van der Waals surface area contributed by atoms with E-state index in [9.17, 15) is 22.8 Å². The van der Waals surface area contributed by atoms with Crippen molar-refractivity contribution in [1.82, 2.24) is 4.90 Å². The molecule has 2 aliphatic rings. The number of anilines is 1. The molecule has 0 aliphatic carbocycles. The molecular formula is C16H16ClF3N2O2. The van der Waals surface area contributed by atoms with Crippen LogP contribution in [0.4, 0.5) is 18.9 Å². The molecule has 2 heterocycles. The van der Waals surface area contributed by atoms with Crippen LogP contribution < -0.4 is 4.90 Å². The third-order valence-corrected chi connectivity index (χ3v) is 4.79. The molecule has 1 aromatic rings. The first kappa shape index (κ1) is 17.1. The number of benzene rings is 1. The lowest BCUT2D eigenvalue weighted by Gasteiger charge is -2.21. The lowest BCUT2D eigenvalue weighted by molar-refractivity contribution is -0.137. The molecule has 2 amide bonds. The van der Waals surface area contributed by atoms with E-state index in [0.717, 1.165) is 25.0 Å². The van der Waals surface area contributed by atoms with Crippen LogP contribution in [0.2, 0.25) is 5.02 Å². The van der Waals surface area contributed by atoms with Crippen LogP contribution in [-0.4, -0.2) is 36.3 Å². The zero-order valence-corrected chi connectivity index (χ0v) is 13.5. The van der Waals surface area contributed by atoms with Crippen molar-refractivity contribution >= 4 is 29.1 Å². The SMILES string of the molecule is O=C(C1CC(=O)N(c2ccc(Cl)c(C(F)(F)F)c2)C1)N1CCCC1. The van der Waals surface area contributed by atoms with Crippen LogP contribution in [0.25, 0.3) is 0 Å². The standard InChI is InChI=1S/C16H16ClF3N2O2/c17-13-4-3-11(8-12(13)16(18,19)20)22-9-10(7-14(22)23)15(24)21-5-1-2-6-21/h3-4,8,10H,1-2,5-7,9H2. The van der Waals surface area contributed by atoms with Crippen LogP contribution in [0.15, 0.2) is 18.2 Å². The molecule has 1 unspecified atom stereocenters. The summed E-state index contributed by atoms with van der Waals surface area (Å²) in [5.41, 5.74) is -0.864. The van der Waals surface area contributed by atoms with Gasteiger partial charge in [0.15, 0.2) is 0 Å². The minimum atomic E-state index is -4.60. The maximum atomic E-state index is 13.0. The van der Waals surface area contributed by atoms with Crippen LogP contribution in [-0.2, 0) is 15.8 Å². The summed E-state index contributed by atoms with van der Waals surface area (Å²) < 4.78 is 38.9. The molecule has 2 fully saturated rings. The number of nitrogens with zero attached hydrogens (tertiary/aromatic N) is 2. The maximum Gasteiger partial charge on any atom is 0.417 e. The van der Waals surface area contributed by atoms with Gasteiger partial charge >= 0.3 is 6.18 Å². The predicted octanol–water partition coefficient (Wildman–Crippen LogP) is 3.33. The Kier molecular flexibility index (Phi) is 4.46. The lowest BCUT2D eigenvalue weighted by atomic mass is 10.1. The van der Waals surface area contributed by atoms with Crippen LogP contribution >= 0.6 is 11.6 Å². The molecular weight excluding hydrogens is 345 g/mol. The average molecular weight is 361 g/mol. The van der Waals surface area contributed by atoms with E-state index in [1.165, 1.54) is 11.0 Å². The third-order valence-electron chi connectivity index (χ3n) is 4.46. The van der Waals surface area contributed by atoms with E-state index >= 15 is 0 Å². The first-order chi connectivity index (χ1) is 11.3. The summed E-state index contributed by atoms with van der Waals surface area (Å²) in [5, 5.41) is -0.414. The summed E-state index contributed by atoms with van der Waals surface area (Å²) >= 11 is 5.60. The molecule has 1 atom stereocenters. The van der Waals surface area contributed by atoms with Crippen molar-refractivity contribution in [2.75, 3.05) is 24.5 Å². The first-order valence-electron chi connectivity index (χ1n) is 7.73. The zero-order chi connectivity index (χ0) is 17.5. The molecule has 1 aromatic carbocycles. The summed E-state index contributed by atoms with van der Waals surface area (Å²) in [4.78, 5) is 27.6. The van der Waals surface area contributed by atoms with Gasteiger partial charge in [0, 0.05) is 31.7 Å². The van der Waals surface area contributed by atoms with Crippen LogP contribution in [0, 0.1) is 5.92 Å². The van der Waals surface area contributed by atoms with Crippen molar-refractivity contribution in [3.8, 4) is 0 Å². The topological polar surface area (TPSA) is 40.6 Å². The van der Waals surface area contributed by atoms with Gasteiger partial charge < -0.3 is 9.80 Å². The van der Waals surface area contributed by atoms with E-state index in [1.54, 1.807) is 4.90 Å². The maximum absolute atomic E-state index is 13.0. The smallest absolute Gasteiger partial charge is 0.342 e. The molecule has 2 saturated heterocycles. The second-order valence-electron chi connectivity index (χ2n) is 6.10. The van der Waals surface area contributed by atoms with Gasteiger partial charge in [0.25, 0.3) is 0 Å². The third kappa shape index (κ3) is 3.22. The number of rotatable bonds is 2. The second-order valence-corrected chi connectivity index (χ2v) is 6.51. The highest BCUT2D eigenvalue weighted by Gasteiger charge is 2.39. The molecule has 0 bridgehead atoms. The van der Waals surface area contributed by atoms with Gasteiger partial charge in [-0.3, -0.25) is 9.59 Å². The fourth-order valence-electron chi connectivity index (χ4n) is 3.22. The molecule has 4 nitrogen and oxygen atoms in total. The fourth-order valence-corrected chi connectivity index (χ4v) is 3.44. The van der Waals surface area contributed by atoms with E-state index in [2.05, 4.69) is 0 Å². The van der Waals surface area contributed by atoms with Crippen molar-refractivity contribution in [2.45, 2.75) is 25.4 Å². The Hall–Kier alpha value is -1.76. The van der Waals surface area contributed by atoms with Gasteiger partial charge in [-0.2, -0.15) is 13.2 Å². The molecule has 0 aromatic heterocycles. The Morgan fingerprint density at radius 3 is 2.50 bits per heavy atom. The Balaban J connectivity index is 1.80. The Bertz CT molecular complexity index is 672. The van der Waals surface area contributed by atoms with Crippen LogP contribution in [0.1, 0.15) is 24.8 Å². The summed E-state index contributed by atoms with van der Waals surface area (Å²) in [6.45, 7) is 1.47. The second kappa shape index (κ2) is 6.27. The van der Waals surface area contributed by atoms with Crippen molar-refractivity contribution in [3.05, 3.63) is 28.8 Å². The zero-order valence-electron chi connectivity index (χ0n) is 12.8. The van der Waals surface area contributed by atoms with Gasteiger partial charge in [-0.1, -0.05) is 11.6 Å². The van der Waals surface area contributed by atoms with Gasteiger partial charge in [0.1, 0.15) is 0 Å². The molecule has 2 aliphatic heterocycles. The van der Waals surface area contributed by atoms with Gasteiger partial charge in [-0.05, 0) is 31.0 Å². The molecule has 24 heavy (non-hydrogen) atoms. The van der Waals surface area contributed by atoms with Crippen molar-refractivity contribution < 1.29 is 22.8 Å². The normalized spacial score (nSPS) is 21.7. The fraction of sp³-hybridized carbons (Fsp3) is 0.500. The van der Waals surface area contributed by atoms with Gasteiger partial charge in [0.2, 0.25) is 11.8 Å². The molecule has 130 valence electrons. The van der Waals surface area contributed by atoms with Crippen LogP contribution in [0.3, 0.4) is 0 Å². The van der Waals surface area contributed by atoms with E-state index in [1.807, 2.05) is 0 Å². The number of likely N-dealkylation sites (tertiary alicyclic amines) is 1. The summed E-state index contributed by atoms with van der Waals surface area (Å²) in [5.74, 6) is -0.933. The highest BCUT2D eigenvalue weighted by molar-refractivity contribution is 6.31. The van der Waals surface area contributed by atoms with E-state index in [-0.39, 0.29) is 30.5 Å². The number of carbonyl (C=O) groups excluding carboxylic acids is 2. The molecule has 8 heteroatoms. The molecule has 0 radical (unpaired) electrons. The van der Waals surface area contributed by atoms with Crippen molar-refractivity contribution in [3.63, 3.8) is 0 Å². The number of hydrogen-bond donors (Lipinski definition) is 0. The highest BCUT2D eigenvalue weighted by Crippen LogP contribution is 2.38. The van der Waals surface area contributed by atoms with Gasteiger partial charge in [0.05, 0.1) is 16.5 Å². The number of hydrogen-bond acceptors (Lipinski definition) is 2. The number of carbonyl (C=O) groups is 2. The number of alkyl halides is 3. The summed E-state index contributed by atoms with van der Waals surface area (Å²) in [6, 6.07) is 3.36. The minimum absolute atomic E-state index is 0.0271. The van der Waals surface area contributed by atoms with E-state index in [4.69, 9.17) is 11.6 Å². The molecule has 0 saturated carbocycles. The summed E-state index contributed by atoms with van der Waals surface area (Å²) in [7, 11) is 0. The number of halogens is 4. The lowest BCUT2D eigenvalue weighted by Crippen LogP contribution is -2.35. The van der Waals surface area contributed by atoms with Gasteiger partial charge in [-0.25, -0.2) is 0 Å². The predicted molar refractivity (Wildman–Crippen MR) is 82.7 cm³/mol. The first-order valence-corrected chi connectivity index (χ1v) is 8.11. The Morgan fingerprint density at radius 1 is 1.21 bits per heavy atom. The van der Waals surface area contributed by atoms with Gasteiger partial charge in [-0.15, -0.1) is 0 Å². The van der Waals surface area contributed by atoms with Crippen molar-refractivity contribution in [1.29, 1.82) is 0 Å². The minimum Gasteiger partial charge on any atom is -0.342 e. The van der Waals surface area contributed by atoms with Crippen molar-refractivity contribution in [2.24, 2.45) is 5.92 Å². The molecule has 3 rings (SSSR count). The molecule has 0 N–H and O–H groups in total. The summed E-state index contributed by atoms with van der Waals surface area (Å²) in [6.07, 6.45) is -2.68. The number of amides is 2. The van der Waals surface area contributed by atoms with Crippen LogP contribution in [0.5, 0.6) is 0 Å². The quantitative estimate of drug-likeness (QED) is 0.811. The Morgan fingerprint density at radius 2 is 1.88 bits per heavy atom. The largest absolute Gasteiger partial charge is 0.417 e. The monoisotopic (exact) mass is 360 g/mol. The molecule has 0 spiro atoms.